The number of hydrogen-bond donors (Lipinski definition) is 3. The molecule has 45 heavy (non-hydrogen) atoms. The number of nitrogens with one attached hydrogen (secondary N) is 3. The van der Waals surface area contributed by atoms with Gasteiger partial charge in [0.05, 0.1) is 17.9 Å². The van der Waals surface area contributed by atoms with Crippen LogP contribution in [-0.2, 0) is 5.41 Å². The highest BCUT2D eigenvalue weighted by molar-refractivity contribution is 5.92. The molecule has 3 heterocycles. The Morgan fingerprint density at radius 2 is 1.80 bits per heavy atom. The van der Waals surface area contributed by atoms with Gasteiger partial charge >= 0.3 is 6.03 Å². The molecule has 0 fully saturated rings. The number of nitrogens with zero attached hydrogens (tertiary/aromatic N) is 6. The number of rotatable bonds is 9. The average Bonchev–Trinajstić information content (AvgIpc) is 3.41. The smallest absolute Gasteiger partial charge is 0.320 e. The van der Waals surface area contributed by atoms with Gasteiger partial charge in [-0.25, -0.2) is 14.8 Å². The second kappa shape index (κ2) is 13.2. The molecule has 12 heteroatoms. The lowest BCUT2D eigenvalue weighted by Crippen LogP contribution is -2.36. The third kappa shape index (κ3) is 7.56. The molecule has 4 aromatic rings. The zero-order chi connectivity index (χ0) is 32.3. The van der Waals surface area contributed by atoms with E-state index < -0.39 is 6.03 Å². The molecule has 12 nitrogen and oxygen atoms in total. The highest BCUT2D eigenvalue weighted by Crippen LogP contribution is 2.39. The Kier molecular flexibility index (Phi) is 9.33. The summed E-state index contributed by atoms with van der Waals surface area (Å²) in [5.74, 6) is 1.73. The molecule has 3 aromatic heterocycles. The predicted octanol–water partition coefficient (Wildman–Crippen LogP) is 5.01. The van der Waals surface area contributed by atoms with Crippen LogP contribution in [0.3, 0.4) is 0 Å². The van der Waals surface area contributed by atoms with Crippen molar-refractivity contribution in [2.24, 2.45) is 0 Å². The van der Waals surface area contributed by atoms with Gasteiger partial charge in [-0.1, -0.05) is 58.9 Å². The number of fused-ring (bicyclic) bond motifs is 2. The van der Waals surface area contributed by atoms with E-state index in [0.29, 0.717) is 31.6 Å². The Morgan fingerprint density at radius 1 is 1.04 bits per heavy atom. The quantitative estimate of drug-likeness (QED) is 0.240. The molecule has 1 aromatic carbocycles. The van der Waals surface area contributed by atoms with Crippen molar-refractivity contribution in [3.05, 3.63) is 77.1 Å². The topological polar surface area (TPSA) is 139 Å². The van der Waals surface area contributed by atoms with Crippen LogP contribution in [0.5, 0.6) is 5.75 Å². The molecule has 238 valence electrons. The van der Waals surface area contributed by atoms with Gasteiger partial charge in [-0.05, 0) is 50.2 Å². The monoisotopic (exact) mass is 613 g/mol. The molecular weight excluding hydrogens is 570 g/mol. The summed E-state index contributed by atoms with van der Waals surface area (Å²) in [6, 6.07) is 12.9. The number of carbonyl (C=O) groups is 2. The Hall–Kier alpha value is -4.58. The van der Waals surface area contributed by atoms with Gasteiger partial charge in [0.25, 0.3) is 5.91 Å². The van der Waals surface area contributed by atoms with Crippen molar-refractivity contribution in [3.63, 3.8) is 0 Å². The van der Waals surface area contributed by atoms with E-state index >= 15 is 0 Å². The zero-order valence-electron chi connectivity index (χ0n) is 27.1. The van der Waals surface area contributed by atoms with Gasteiger partial charge in [-0.15, -0.1) is 10.2 Å². The van der Waals surface area contributed by atoms with Crippen molar-refractivity contribution >= 4 is 23.4 Å². The fraction of sp³-hybridized carbons (Fsp3) is 0.455. The first kappa shape index (κ1) is 31.8. The highest BCUT2D eigenvalue weighted by Gasteiger charge is 2.30. The maximum Gasteiger partial charge on any atom is 0.320 e. The van der Waals surface area contributed by atoms with Crippen LogP contribution in [0, 0.1) is 0 Å². The lowest BCUT2D eigenvalue weighted by atomic mass is 9.85. The summed E-state index contributed by atoms with van der Waals surface area (Å²) in [6.45, 7) is 11.3. The van der Waals surface area contributed by atoms with Crippen LogP contribution in [0.4, 0.5) is 10.6 Å². The first-order chi connectivity index (χ1) is 21.4. The number of likely N-dealkylation sites (N-methyl/N-ethyl adjacent to an activating group) is 1. The fourth-order valence-electron chi connectivity index (χ4n) is 5.32. The molecule has 3 amide bonds. The molecule has 0 aliphatic heterocycles. The molecular formula is C33H43N9O3. The second-order valence-electron chi connectivity index (χ2n) is 13.0. The molecule has 0 spiro atoms. The SMILES string of the molecule is CC(C)c1nnc2ccc(O[C@@H]3CC[C@H](NC(=O)Nc4cc(C(C)(C)C)nc(C(=O)NCCN(C)C)n4)c4ccccc43)cn12. The van der Waals surface area contributed by atoms with Gasteiger partial charge in [0.15, 0.2) is 5.65 Å². The summed E-state index contributed by atoms with van der Waals surface area (Å²) in [6.07, 6.45) is 3.15. The van der Waals surface area contributed by atoms with Crippen LogP contribution >= 0.6 is 0 Å². The molecule has 3 N–H and O–H groups in total. The third-order valence-electron chi connectivity index (χ3n) is 7.72. The summed E-state index contributed by atoms with van der Waals surface area (Å²) in [7, 11) is 3.87. The minimum Gasteiger partial charge on any atom is -0.484 e. The van der Waals surface area contributed by atoms with E-state index in [1.165, 1.54) is 0 Å². The van der Waals surface area contributed by atoms with Crippen LogP contribution in [0.1, 0.15) is 98.8 Å². The lowest BCUT2D eigenvalue weighted by Gasteiger charge is -2.32. The van der Waals surface area contributed by atoms with Crippen molar-refractivity contribution in [1.29, 1.82) is 0 Å². The van der Waals surface area contributed by atoms with E-state index in [1.807, 2.05) is 86.8 Å². The standard InChI is InChI=1S/C33H43N9O3/c1-20(2)30-40-39-28-15-12-21(19-42(28)30)45-25-14-13-24(22-10-8-9-11-23(22)25)35-32(44)38-27-18-26(33(3,4)5)36-29(37-27)31(43)34-16-17-41(6)7/h8-12,15,18-20,24-25H,13-14,16-17H2,1-7H3,(H,34,43)(H2,35,36,37,38,44)/t24-,25+/m0/s1. The van der Waals surface area contributed by atoms with Crippen molar-refractivity contribution < 1.29 is 14.3 Å². The summed E-state index contributed by atoms with van der Waals surface area (Å²) in [4.78, 5) is 37.0. The molecule has 0 saturated heterocycles. The number of pyridine rings is 1. The maximum absolute atomic E-state index is 13.3. The normalized spacial score (nSPS) is 16.5. The van der Waals surface area contributed by atoms with Gasteiger partial charge < -0.3 is 20.3 Å². The number of ether oxygens (including phenoxy) is 1. The number of benzene rings is 1. The minimum absolute atomic E-state index is 0.0182. The highest BCUT2D eigenvalue weighted by atomic mass is 16.5. The second-order valence-corrected chi connectivity index (χ2v) is 13.0. The molecule has 0 saturated carbocycles. The molecule has 2 atom stereocenters. The molecule has 1 aliphatic rings. The van der Waals surface area contributed by atoms with E-state index in [4.69, 9.17) is 4.74 Å². The summed E-state index contributed by atoms with van der Waals surface area (Å²) >= 11 is 0. The summed E-state index contributed by atoms with van der Waals surface area (Å²) < 4.78 is 8.48. The van der Waals surface area contributed by atoms with E-state index in [1.54, 1.807) is 6.07 Å². The molecule has 5 rings (SSSR count). The number of anilines is 1. The van der Waals surface area contributed by atoms with Crippen LogP contribution in [-0.4, -0.2) is 68.6 Å². The molecule has 1 aliphatic carbocycles. The van der Waals surface area contributed by atoms with E-state index in [0.717, 1.165) is 28.3 Å². The third-order valence-corrected chi connectivity index (χ3v) is 7.72. The van der Waals surface area contributed by atoms with Crippen molar-refractivity contribution in [2.45, 2.75) is 70.9 Å². The van der Waals surface area contributed by atoms with Crippen molar-refractivity contribution in [3.8, 4) is 5.75 Å². The van der Waals surface area contributed by atoms with Crippen molar-refractivity contribution in [2.75, 3.05) is 32.5 Å². The number of amides is 3. The Labute approximate surface area is 264 Å². The van der Waals surface area contributed by atoms with Crippen molar-refractivity contribution in [1.82, 2.24) is 40.1 Å². The molecule has 0 radical (unpaired) electrons. The minimum atomic E-state index is -0.411. The van der Waals surface area contributed by atoms with Gasteiger partial charge in [0.1, 0.15) is 23.5 Å². The first-order valence-corrected chi connectivity index (χ1v) is 15.4. The van der Waals surface area contributed by atoms with E-state index in [9.17, 15) is 9.59 Å². The largest absolute Gasteiger partial charge is 0.484 e. The van der Waals surface area contributed by atoms with Gasteiger partial charge in [0, 0.05) is 30.5 Å². The lowest BCUT2D eigenvalue weighted by molar-refractivity contribution is 0.0940. The zero-order valence-corrected chi connectivity index (χ0v) is 27.1. The Morgan fingerprint density at radius 3 is 2.51 bits per heavy atom. The van der Waals surface area contributed by atoms with Crippen LogP contribution < -0.4 is 20.7 Å². The predicted molar refractivity (Wildman–Crippen MR) is 173 cm³/mol. The summed E-state index contributed by atoms with van der Waals surface area (Å²) in [5.41, 5.74) is 3.09. The van der Waals surface area contributed by atoms with Gasteiger partial charge in [-0.2, -0.15) is 0 Å². The average molecular weight is 614 g/mol. The van der Waals surface area contributed by atoms with Crippen LogP contribution in [0.2, 0.25) is 0 Å². The summed E-state index contributed by atoms with van der Waals surface area (Å²) in [5, 5.41) is 17.4. The van der Waals surface area contributed by atoms with Crippen LogP contribution in [0.15, 0.2) is 48.7 Å². The molecule has 0 unspecified atom stereocenters. The van der Waals surface area contributed by atoms with E-state index in [2.05, 4.69) is 50.0 Å². The fourth-order valence-corrected chi connectivity index (χ4v) is 5.32. The van der Waals surface area contributed by atoms with Crippen LogP contribution in [0.25, 0.3) is 5.65 Å². The van der Waals surface area contributed by atoms with E-state index in [-0.39, 0.29) is 41.0 Å². The van der Waals surface area contributed by atoms with Gasteiger partial charge in [-0.3, -0.25) is 14.5 Å². The number of carbonyl (C=O) groups excluding carboxylic acids is 2. The number of aromatic nitrogens is 5. The molecule has 0 bridgehead atoms. The maximum atomic E-state index is 13.3. The van der Waals surface area contributed by atoms with Gasteiger partial charge in [0.2, 0.25) is 5.82 Å². The Balaban J connectivity index is 1.30. The first-order valence-electron chi connectivity index (χ1n) is 15.4. The Bertz CT molecular complexity index is 1680. The number of hydrogen-bond acceptors (Lipinski definition) is 8. The number of urea groups is 1.